The molecule has 0 aromatic heterocycles. The Bertz CT molecular complexity index is 309. The second-order valence-electron chi connectivity index (χ2n) is 1.77. The van der Waals surface area contributed by atoms with Crippen molar-refractivity contribution in [2.45, 2.75) is 4.90 Å². The number of benzene rings is 1. The minimum Gasteiger partial charge on any atom is -0.766 e. The van der Waals surface area contributed by atoms with Crippen molar-refractivity contribution in [1.82, 2.24) is 0 Å². The monoisotopic (exact) mass is 214 g/mol. The Hall–Kier alpha value is 0.510. The summed E-state index contributed by atoms with van der Waals surface area (Å²) < 4.78 is 21.3. The summed E-state index contributed by atoms with van der Waals surface area (Å²) in [6.45, 7) is 0. The Morgan fingerprint density at radius 2 is 1.67 bits per heavy atom. The van der Waals surface area contributed by atoms with E-state index in [0.29, 0.717) is 0 Å². The van der Waals surface area contributed by atoms with E-state index in [4.69, 9.17) is 0 Å². The number of rotatable bonds is 1. The van der Waals surface area contributed by atoms with Gasteiger partial charge >= 0.3 is 29.6 Å². The molecule has 0 spiro atoms. The van der Waals surface area contributed by atoms with Gasteiger partial charge in [0.05, 0.1) is 0 Å². The van der Waals surface area contributed by atoms with Crippen LogP contribution in [0.25, 0.3) is 0 Å². The molecule has 3 nitrogen and oxygen atoms in total. The van der Waals surface area contributed by atoms with Gasteiger partial charge in [-0.1, -0.05) is 18.2 Å². The summed E-state index contributed by atoms with van der Waals surface area (Å²) in [5, 5.41) is 0. The van der Waals surface area contributed by atoms with E-state index in [9.17, 15) is 8.76 Å². The van der Waals surface area contributed by atoms with Gasteiger partial charge in [0.25, 0.3) is 0 Å². The van der Waals surface area contributed by atoms with Crippen LogP contribution in [0.3, 0.4) is 0 Å². The molecule has 0 amide bonds. The predicted octanol–water partition coefficient (Wildman–Crippen LogP) is -2.90. The molecule has 12 heavy (non-hydrogen) atoms. The first kappa shape index (κ1) is 15.0. The van der Waals surface area contributed by atoms with Crippen molar-refractivity contribution in [3.8, 4) is 0 Å². The van der Waals surface area contributed by atoms with Crippen molar-refractivity contribution in [2.24, 2.45) is 0 Å². The van der Waals surface area contributed by atoms with E-state index in [-0.39, 0.29) is 39.9 Å². The Balaban J connectivity index is 0. The molecule has 1 unspecified atom stereocenters. The third kappa shape index (κ3) is 4.51. The van der Waals surface area contributed by atoms with Crippen LogP contribution in [0.1, 0.15) is 0 Å². The zero-order valence-electron chi connectivity index (χ0n) is 6.52. The molecule has 1 rings (SSSR count). The summed E-state index contributed by atoms with van der Waals surface area (Å²) in [4.78, 5) is 0.185. The summed E-state index contributed by atoms with van der Waals surface area (Å²) in [7, 11) is -3.42. The average Bonchev–Trinajstić information content (AvgIpc) is 1.88. The van der Waals surface area contributed by atoms with Gasteiger partial charge in [0.1, 0.15) is 0 Å². The van der Waals surface area contributed by atoms with E-state index in [0.717, 1.165) is 0 Å². The molecular weight excluding hydrogens is 207 g/mol. The van der Waals surface area contributed by atoms with Gasteiger partial charge in [-0.05, 0) is 32.1 Å². The fourth-order valence-corrected chi connectivity index (χ4v) is 1.41. The molecule has 1 aromatic carbocycles. The molecule has 6 heteroatoms. The Morgan fingerprint density at radius 3 is 1.92 bits per heavy atom. The third-order valence-corrected chi connectivity index (χ3v) is 2.46. The molecule has 0 fully saturated rings. The van der Waals surface area contributed by atoms with E-state index in [1.54, 1.807) is 18.2 Å². The smallest absolute Gasteiger partial charge is 0.766 e. The number of hydrogen-bond acceptors (Lipinski definition) is 3. The van der Waals surface area contributed by atoms with Crippen LogP contribution in [0.4, 0.5) is 0 Å². The standard InChI is InChI=1S/C6H6O2S2.Na.H2O/c7-10(8,9)6-4-2-1-3-5-6;;/h1-5H,(H,7,8,9);;1H2/q;+1;/p-1. The summed E-state index contributed by atoms with van der Waals surface area (Å²) in [6, 6.07) is 7.97. The van der Waals surface area contributed by atoms with Crippen molar-refractivity contribution >= 4 is 20.0 Å². The third-order valence-electron chi connectivity index (χ3n) is 1.03. The summed E-state index contributed by atoms with van der Waals surface area (Å²) in [5.74, 6) is 0. The molecule has 0 aliphatic heterocycles. The SMILES string of the molecule is O.O=S([O-])(=S)c1ccccc1.[Na+]. The van der Waals surface area contributed by atoms with E-state index in [2.05, 4.69) is 11.2 Å². The van der Waals surface area contributed by atoms with E-state index >= 15 is 0 Å². The van der Waals surface area contributed by atoms with Crippen LogP contribution in [0, 0.1) is 0 Å². The van der Waals surface area contributed by atoms with Crippen molar-refractivity contribution < 1.29 is 43.8 Å². The van der Waals surface area contributed by atoms with Crippen LogP contribution >= 0.6 is 0 Å². The number of hydrogen-bond donors (Lipinski definition) is 0. The molecular formula is C6H7NaO3S2. The molecule has 0 saturated heterocycles. The summed E-state index contributed by atoms with van der Waals surface area (Å²) in [6.07, 6.45) is 0. The second kappa shape index (κ2) is 6.04. The quantitative estimate of drug-likeness (QED) is 0.471. The maximum Gasteiger partial charge on any atom is 1.00 e. The topological polar surface area (TPSA) is 71.6 Å². The van der Waals surface area contributed by atoms with Crippen molar-refractivity contribution in [3.63, 3.8) is 0 Å². The zero-order chi connectivity index (χ0) is 7.61. The summed E-state index contributed by atoms with van der Waals surface area (Å²) in [5.41, 5.74) is 0. The van der Waals surface area contributed by atoms with Crippen LogP contribution in [-0.4, -0.2) is 14.2 Å². The molecule has 0 aliphatic rings. The molecule has 0 saturated carbocycles. The molecule has 0 aliphatic carbocycles. The average molecular weight is 214 g/mol. The van der Waals surface area contributed by atoms with Gasteiger partial charge < -0.3 is 10.0 Å². The van der Waals surface area contributed by atoms with E-state index < -0.39 is 8.77 Å². The van der Waals surface area contributed by atoms with E-state index in [1.807, 2.05) is 0 Å². The Labute approximate surface area is 98.3 Å². The normalized spacial score (nSPS) is 13.4. The predicted molar refractivity (Wildman–Crippen MR) is 44.6 cm³/mol. The molecule has 2 N–H and O–H groups in total. The van der Waals surface area contributed by atoms with Gasteiger partial charge in [-0.3, -0.25) is 4.21 Å². The van der Waals surface area contributed by atoms with Crippen molar-refractivity contribution in [1.29, 1.82) is 0 Å². The second-order valence-corrected chi connectivity index (χ2v) is 4.46. The van der Waals surface area contributed by atoms with Gasteiger partial charge in [-0.15, -0.1) is 0 Å². The molecule has 0 heterocycles. The molecule has 1 atom stereocenters. The summed E-state index contributed by atoms with van der Waals surface area (Å²) >= 11 is 4.22. The van der Waals surface area contributed by atoms with Gasteiger partial charge in [0.2, 0.25) is 0 Å². The Morgan fingerprint density at radius 1 is 1.25 bits per heavy atom. The first-order valence-corrected chi connectivity index (χ1v) is 5.02. The van der Waals surface area contributed by atoms with Gasteiger partial charge in [-0.2, -0.15) is 0 Å². The van der Waals surface area contributed by atoms with E-state index in [1.165, 1.54) is 12.1 Å². The largest absolute Gasteiger partial charge is 1.00 e. The van der Waals surface area contributed by atoms with Crippen LogP contribution in [0.5, 0.6) is 0 Å². The zero-order valence-corrected chi connectivity index (χ0v) is 10.2. The Kier molecular flexibility index (Phi) is 7.55. The van der Waals surface area contributed by atoms with Crippen LogP contribution < -0.4 is 29.6 Å². The van der Waals surface area contributed by atoms with Gasteiger partial charge in [-0.25, -0.2) is 0 Å². The fourth-order valence-electron chi connectivity index (χ4n) is 0.587. The van der Waals surface area contributed by atoms with Crippen molar-refractivity contribution in [3.05, 3.63) is 30.3 Å². The minimum atomic E-state index is -3.42. The van der Waals surface area contributed by atoms with Crippen LogP contribution in [0.15, 0.2) is 35.2 Å². The first-order valence-electron chi connectivity index (χ1n) is 2.61. The van der Waals surface area contributed by atoms with Crippen LogP contribution in [-0.2, 0) is 20.0 Å². The van der Waals surface area contributed by atoms with Gasteiger partial charge in [0.15, 0.2) is 0 Å². The molecule has 0 bridgehead atoms. The van der Waals surface area contributed by atoms with Crippen molar-refractivity contribution in [2.75, 3.05) is 0 Å². The van der Waals surface area contributed by atoms with Crippen LogP contribution in [0.2, 0.25) is 0 Å². The fraction of sp³-hybridized carbons (Fsp3) is 0. The minimum absolute atomic E-state index is 0. The van der Waals surface area contributed by atoms with Gasteiger partial charge in [0, 0.05) is 4.90 Å². The molecule has 1 aromatic rings. The molecule has 62 valence electrons. The maximum absolute atomic E-state index is 10.6. The first-order chi connectivity index (χ1) is 4.61. The maximum atomic E-state index is 10.6. The molecule has 0 radical (unpaired) electrons.